The van der Waals surface area contributed by atoms with E-state index in [0.29, 0.717) is 10.9 Å². The highest BCUT2D eigenvalue weighted by atomic mass is 32.1. The SMILES string of the molecule is CCOC(=O)C1=C(N)N(c2ccc(F)cc2F)C2=C(C(=O)[C@H](C(=O)OCC)[C@@H](c3cccs3)C2)[C@@H]1c1cccc([N+](=O)[O-])c1. The van der Waals surface area contributed by atoms with E-state index >= 15 is 4.39 Å². The van der Waals surface area contributed by atoms with Crippen molar-refractivity contribution in [3.05, 3.63) is 115 Å². The van der Waals surface area contributed by atoms with Crippen LogP contribution in [0.3, 0.4) is 0 Å². The van der Waals surface area contributed by atoms with E-state index in [-0.39, 0.29) is 59.2 Å². The Morgan fingerprint density at radius 3 is 2.48 bits per heavy atom. The summed E-state index contributed by atoms with van der Waals surface area (Å²) < 4.78 is 40.1. The van der Waals surface area contributed by atoms with Gasteiger partial charge >= 0.3 is 11.9 Å². The standard InChI is InChI=1S/C31H27F2N3O7S/c1-3-42-30(38)25-19(23-9-6-12-44-23)15-22-26(28(25)37)24(16-7-5-8-18(13-16)36(40)41)27(31(39)43-4-2)29(34)35(22)21-11-10-17(32)14-20(21)33/h5-14,19,24-25H,3-4,15,34H2,1-2H3/t19-,24+,25-/m1/s1. The summed E-state index contributed by atoms with van der Waals surface area (Å²) in [6.45, 7) is 3.06. The number of non-ortho nitro benzene ring substituents is 1. The van der Waals surface area contributed by atoms with Crippen molar-refractivity contribution in [3.63, 3.8) is 0 Å². The minimum atomic E-state index is -1.35. The lowest BCUT2D eigenvalue weighted by Crippen LogP contribution is -2.46. The first-order valence-electron chi connectivity index (χ1n) is 13.7. The van der Waals surface area contributed by atoms with Crippen molar-refractivity contribution < 1.29 is 37.6 Å². The quantitative estimate of drug-likeness (QED) is 0.150. The summed E-state index contributed by atoms with van der Waals surface area (Å²) in [5, 5.41) is 13.5. The van der Waals surface area contributed by atoms with Crippen molar-refractivity contribution in [2.45, 2.75) is 32.1 Å². The van der Waals surface area contributed by atoms with Gasteiger partial charge in [0.25, 0.3) is 5.69 Å². The maximum atomic E-state index is 15.4. The number of nitro groups is 1. The maximum absolute atomic E-state index is 15.4. The van der Waals surface area contributed by atoms with E-state index in [9.17, 15) is 28.9 Å². The molecule has 1 aromatic heterocycles. The van der Waals surface area contributed by atoms with E-state index in [2.05, 4.69) is 0 Å². The molecule has 0 fully saturated rings. The van der Waals surface area contributed by atoms with Gasteiger partial charge in [0.15, 0.2) is 5.78 Å². The number of carbonyl (C=O) groups is 3. The number of thiophene rings is 1. The van der Waals surface area contributed by atoms with Crippen molar-refractivity contribution >= 4 is 40.4 Å². The van der Waals surface area contributed by atoms with Gasteiger partial charge in [-0.15, -0.1) is 11.3 Å². The van der Waals surface area contributed by atoms with Gasteiger partial charge in [-0.2, -0.15) is 0 Å². The van der Waals surface area contributed by atoms with Crippen LogP contribution in [-0.2, 0) is 23.9 Å². The Hall–Kier alpha value is -4.91. The van der Waals surface area contributed by atoms with E-state index in [0.717, 1.165) is 12.1 Å². The van der Waals surface area contributed by atoms with Crippen LogP contribution < -0.4 is 10.6 Å². The number of hydrogen-bond acceptors (Lipinski definition) is 10. The first-order chi connectivity index (χ1) is 21.1. The molecule has 2 N–H and O–H groups in total. The van der Waals surface area contributed by atoms with Crippen LogP contribution in [0.2, 0.25) is 0 Å². The fourth-order valence-corrected chi connectivity index (χ4v) is 6.66. The van der Waals surface area contributed by atoms with Crippen molar-refractivity contribution in [1.82, 2.24) is 0 Å². The molecule has 44 heavy (non-hydrogen) atoms. The van der Waals surface area contributed by atoms with E-state index in [4.69, 9.17) is 15.2 Å². The summed E-state index contributed by atoms with van der Waals surface area (Å²) in [4.78, 5) is 54.6. The van der Waals surface area contributed by atoms with Gasteiger partial charge in [0.2, 0.25) is 0 Å². The molecule has 3 aromatic rings. The third-order valence-electron chi connectivity index (χ3n) is 7.55. The van der Waals surface area contributed by atoms with Crippen LogP contribution in [-0.4, -0.2) is 35.9 Å². The molecule has 2 heterocycles. The second kappa shape index (κ2) is 12.4. The zero-order valence-corrected chi connectivity index (χ0v) is 24.4. The fourth-order valence-electron chi connectivity index (χ4n) is 5.80. The lowest BCUT2D eigenvalue weighted by molar-refractivity contribution is -0.384. The number of esters is 2. The largest absolute Gasteiger partial charge is 0.465 e. The molecule has 0 spiro atoms. The molecule has 5 rings (SSSR count). The number of nitro benzene ring substituents is 1. The van der Waals surface area contributed by atoms with Gasteiger partial charge < -0.3 is 15.2 Å². The van der Waals surface area contributed by atoms with Gasteiger partial charge in [0.05, 0.1) is 35.3 Å². The number of nitrogens with two attached hydrogens (primary N) is 1. The van der Waals surface area contributed by atoms with Crippen LogP contribution in [0.1, 0.15) is 42.5 Å². The molecule has 0 unspecified atom stereocenters. The number of carbonyl (C=O) groups excluding carboxylic acids is 3. The molecule has 10 nitrogen and oxygen atoms in total. The Balaban J connectivity index is 1.85. The number of nitrogens with zero attached hydrogens (tertiary/aromatic N) is 2. The van der Waals surface area contributed by atoms with Gasteiger partial charge in [0.1, 0.15) is 23.4 Å². The highest BCUT2D eigenvalue weighted by Crippen LogP contribution is 2.52. The number of ketones is 1. The molecular formula is C31H27F2N3O7S. The smallest absolute Gasteiger partial charge is 0.338 e. The first kappa shape index (κ1) is 30.5. The zero-order chi connectivity index (χ0) is 31.7. The molecule has 1 aliphatic carbocycles. The van der Waals surface area contributed by atoms with Crippen LogP contribution in [0.15, 0.2) is 82.6 Å². The minimum Gasteiger partial charge on any atom is -0.465 e. The minimum absolute atomic E-state index is 0.00612. The monoisotopic (exact) mass is 623 g/mol. The number of allylic oxidation sites excluding steroid dienone is 2. The fraction of sp³-hybridized carbons (Fsp3) is 0.258. The van der Waals surface area contributed by atoms with Crippen molar-refractivity contribution in [2.24, 2.45) is 11.7 Å². The van der Waals surface area contributed by atoms with E-state index in [1.807, 2.05) is 0 Å². The number of benzene rings is 2. The number of ether oxygens (including phenoxy) is 2. The maximum Gasteiger partial charge on any atom is 0.338 e. The average molecular weight is 624 g/mol. The summed E-state index contributed by atoms with van der Waals surface area (Å²) in [6.07, 6.45) is -0.0376. The molecule has 2 aliphatic rings. The topological polar surface area (TPSA) is 142 Å². The van der Waals surface area contributed by atoms with E-state index < -0.39 is 52.0 Å². The van der Waals surface area contributed by atoms with Gasteiger partial charge in [-0.3, -0.25) is 24.6 Å². The molecule has 3 atom stereocenters. The molecule has 0 bridgehead atoms. The summed E-state index contributed by atoms with van der Waals surface area (Å²) in [5.41, 5.74) is 6.01. The van der Waals surface area contributed by atoms with Crippen molar-refractivity contribution in [1.29, 1.82) is 0 Å². The number of Topliss-reactive ketones (excluding diaryl/α,β-unsaturated/α-hetero) is 1. The molecule has 2 aromatic carbocycles. The summed E-state index contributed by atoms with van der Waals surface area (Å²) in [6, 6.07) is 11.6. The lowest BCUT2D eigenvalue weighted by atomic mass is 9.68. The Labute approximate surface area is 254 Å². The van der Waals surface area contributed by atoms with Crippen LogP contribution in [0.4, 0.5) is 20.2 Å². The molecule has 0 radical (unpaired) electrons. The van der Waals surface area contributed by atoms with E-state index in [1.54, 1.807) is 31.4 Å². The van der Waals surface area contributed by atoms with Gasteiger partial charge in [-0.05, 0) is 49.4 Å². The third-order valence-corrected chi connectivity index (χ3v) is 8.55. The molecule has 0 amide bonds. The summed E-state index contributed by atoms with van der Waals surface area (Å²) in [5.74, 6) is -8.09. The summed E-state index contributed by atoms with van der Waals surface area (Å²) in [7, 11) is 0. The average Bonchev–Trinajstić information content (AvgIpc) is 3.52. The highest BCUT2D eigenvalue weighted by molar-refractivity contribution is 7.10. The number of rotatable bonds is 8. The van der Waals surface area contributed by atoms with Crippen LogP contribution in [0.5, 0.6) is 0 Å². The predicted molar refractivity (Wildman–Crippen MR) is 156 cm³/mol. The first-order valence-corrected chi connectivity index (χ1v) is 14.6. The molecular weight excluding hydrogens is 596 g/mol. The third kappa shape index (κ3) is 5.34. The number of hydrogen-bond donors (Lipinski definition) is 1. The van der Waals surface area contributed by atoms with Gasteiger partial charge in [-0.1, -0.05) is 18.2 Å². The second-order valence-corrected chi connectivity index (χ2v) is 11.0. The Bertz CT molecular complexity index is 1720. The molecule has 13 heteroatoms. The summed E-state index contributed by atoms with van der Waals surface area (Å²) >= 11 is 1.31. The molecule has 228 valence electrons. The van der Waals surface area contributed by atoms with Crippen LogP contribution in [0.25, 0.3) is 0 Å². The van der Waals surface area contributed by atoms with Gasteiger partial charge in [-0.25, -0.2) is 13.6 Å². The molecule has 0 saturated carbocycles. The zero-order valence-electron chi connectivity index (χ0n) is 23.6. The molecule has 1 aliphatic heterocycles. The highest BCUT2D eigenvalue weighted by Gasteiger charge is 2.52. The van der Waals surface area contributed by atoms with Gasteiger partial charge in [0, 0.05) is 40.3 Å². The van der Waals surface area contributed by atoms with Crippen LogP contribution in [0, 0.1) is 27.7 Å². The lowest BCUT2D eigenvalue weighted by Gasteiger charge is -2.43. The van der Waals surface area contributed by atoms with Crippen LogP contribution >= 0.6 is 11.3 Å². The number of halogens is 2. The van der Waals surface area contributed by atoms with Crippen molar-refractivity contribution in [3.8, 4) is 0 Å². The number of anilines is 1. The normalized spacial score (nSPS) is 20.0. The Morgan fingerprint density at radius 1 is 1.09 bits per heavy atom. The Kier molecular flexibility index (Phi) is 8.59. The second-order valence-electron chi connectivity index (χ2n) is 10.0. The predicted octanol–water partition coefficient (Wildman–Crippen LogP) is 5.46. The van der Waals surface area contributed by atoms with E-state index in [1.165, 1.54) is 40.5 Å². The van der Waals surface area contributed by atoms with Crippen molar-refractivity contribution in [2.75, 3.05) is 18.1 Å². The Morgan fingerprint density at radius 2 is 1.84 bits per heavy atom. The molecule has 0 saturated heterocycles.